The van der Waals surface area contributed by atoms with E-state index in [2.05, 4.69) is 15.1 Å². The fourth-order valence-corrected chi connectivity index (χ4v) is 5.34. The van der Waals surface area contributed by atoms with Gasteiger partial charge >= 0.3 is 12.1 Å². The van der Waals surface area contributed by atoms with Gasteiger partial charge < -0.3 is 25.2 Å². The number of nitrogens with two attached hydrogens (primary N) is 1. The van der Waals surface area contributed by atoms with E-state index in [1.165, 1.54) is 36.7 Å². The fourth-order valence-electron chi connectivity index (χ4n) is 5.34. The van der Waals surface area contributed by atoms with Crippen molar-refractivity contribution in [3.63, 3.8) is 0 Å². The van der Waals surface area contributed by atoms with E-state index in [1.54, 1.807) is 23.4 Å². The molecule has 1 aliphatic heterocycles. The average Bonchev–Trinajstić information content (AvgIpc) is 3.67. The number of hydrogen-bond acceptors (Lipinski definition) is 9. The number of likely N-dealkylation sites (tertiary alicyclic amines) is 1. The molecule has 0 aliphatic carbocycles. The van der Waals surface area contributed by atoms with Crippen molar-refractivity contribution in [2.24, 2.45) is 0 Å². The van der Waals surface area contributed by atoms with Crippen LogP contribution in [-0.4, -0.2) is 72.6 Å². The molecule has 1 aliphatic rings. The number of ether oxygens (including phenoxy) is 2. The first kappa shape index (κ1) is 38.1. The Morgan fingerprint density at radius 1 is 1.14 bits per heavy atom. The van der Waals surface area contributed by atoms with E-state index in [4.69, 9.17) is 25.1 Å². The normalized spacial score (nSPS) is 14.9. The number of nitrogens with zero attached hydrogens (tertiary/aromatic N) is 6. The number of anilines is 1. The van der Waals surface area contributed by atoms with E-state index in [1.807, 2.05) is 13.0 Å². The van der Waals surface area contributed by atoms with Crippen molar-refractivity contribution in [2.45, 2.75) is 58.0 Å². The summed E-state index contributed by atoms with van der Waals surface area (Å²) < 4.78 is 87.5. The molecule has 0 bridgehead atoms. The topological polar surface area (TPSA) is 169 Å². The number of aliphatic carboxylic acids is 1. The molecule has 1 fully saturated rings. The molecular formula is C33H31F6N7O5. The van der Waals surface area contributed by atoms with Crippen molar-refractivity contribution < 1.29 is 50.5 Å². The van der Waals surface area contributed by atoms with Gasteiger partial charge in [-0.3, -0.25) is 4.79 Å². The van der Waals surface area contributed by atoms with Gasteiger partial charge in [-0.2, -0.15) is 27.9 Å². The molecule has 18 heteroatoms. The third kappa shape index (κ3) is 8.91. The molecule has 1 atom stereocenters. The zero-order chi connectivity index (χ0) is 37.7. The maximum absolute atomic E-state index is 15.5. The molecule has 1 saturated heterocycles. The van der Waals surface area contributed by atoms with Crippen molar-refractivity contribution >= 4 is 28.7 Å². The van der Waals surface area contributed by atoms with Crippen LogP contribution in [0.4, 0.5) is 32.2 Å². The van der Waals surface area contributed by atoms with Gasteiger partial charge in [-0.1, -0.05) is 6.07 Å². The lowest BCUT2D eigenvalue weighted by Crippen LogP contribution is -2.39. The van der Waals surface area contributed by atoms with E-state index in [-0.39, 0.29) is 41.0 Å². The molecule has 3 N–H and O–H groups in total. The van der Waals surface area contributed by atoms with Crippen LogP contribution in [0.25, 0.3) is 22.3 Å². The minimum atomic E-state index is -5.08. The molecule has 2 aromatic heterocycles. The van der Waals surface area contributed by atoms with Crippen molar-refractivity contribution in [2.75, 3.05) is 18.9 Å². The van der Waals surface area contributed by atoms with E-state index < -0.39 is 46.9 Å². The van der Waals surface area contributed by atoms with E-state index in [9.17, 15) is 32.0 Å². The van der Waals surface area contributed by atoms with E-state index in [0.29, 0.717) is 30.6 Å². The van der Waals surface area contributed by atoms with Crippen LogP contribution >= 0.6 is 0 Å². The number of halogens is 6. The molecule has 2 aromatic carbocycles. The summed E-state index contributed by atoms with van der Waals surface area (Å²) in [7, 11) is 0. The number of carbonyl (C=O) groups is 2. The zero-order valence-corrected chi connectivity index (χ0v) is 27.3. The molecule has 5 rings (SSSR count). The highest BCUT2D eigenvalue weighted by Crippen LogP contribution is 2.35. The number of nitriles is 1. The van der Waals surface area contributed by atoms with Crippen LogP contribution in [0.5, 0.6) is 11.5 Å². The quantitative estimate of drug-likeness (QED) is 0.116. The van der Waals surface area contributed by atoms with Crippen LogP contribution in [-0.2, 0) is 20.9 Å². The summed E-state index contributed by atoms with van der Waals surface area (Å²) in [5.74, 6) is -6.59. The summed E-state index contributed by atoms with van der Waals surface area (Å²) in [6, 6.07) is 8.94. The molecule has 51 heavy (non-hydrogen) atoms. The number of fused-ring (bicyclic) bond motifs is 1. The molecule has 1 amide bonds. The summed E-state index contributed by atoms with van der Waals surface area (Å²) in [6.45, 7) is 6.46. The molecule has 270 valence electrons. The number of carboxylic acid groups (broad SMARTS) is 1. The highest BCUT2D eigenvalue weighted by molar-refractivity contribution is 5.99. The fraction of sp³-hybridized carbons (Fsp3) is 0.333. The van der Waals surface area contributed by atoms with Crippen molar-refractivity contribution in [3.05, 3.63) is 71.8 Å². The van der Waals surface area contributed by atoms with Gasteiger partial charge in [0.2, 0.25) is 5.82 Å². The van der Waals surface area contributed by atoms with Gasteiger partial charge in [0.05, 0.1) is 23.6 Å². The molecule has 0 unspecified atom stereocenters. The largest absolute Gasteiger partial charge is 0.490 e. The predicted octanol–water partition coefficient (Wildman–Crippen LogP) is 6.17. The average molecular weight is 720 g/mol. The Bertz CT molecular complexity index is 2010. The smallest absolute Gasteiger partial charge is 0.475 e. The molecule has 3 heterocycles. The lowest BCUT2D eigenvalue weighted by atomic mass is 10.0. The second kappa shape index (κ2) is 15.5. The van der Waals surface area contributed by atoms with Gasteiger partial charge in [0, 0.05) is 24.8 Å². The first-order valence-electron chi connectivity index (χ1n) is 15.2. The first-order chi connectivity index (χ1) is 24.0. The van der Waals surface area contributed by atoms with Crippen LogP contribution < -0.4 is 10.5 Å². The number of carbonyl (C=O) groups excluding carboxylic acids is 1. The van der Waals surface area contributed by atoms with E-state index in [0.717, 1.165) is 18.6 Å². The molecule has 0 spiro atoms. The summed E-state index contributed by atoms with van der Waals surface area (Å²) in [5.41, 5.74) is 5.92. The standard InChI is InChI=1S/C31H30F3N7O3.C2HF3O2/c1-4-43-31(2,3)14-18(15-35)30(42)40-12-6-7-19(40)16-41-29-25(28(36)37-17-38-29)27(39-41)21-11-10-20(13-23(21)33)44-24-9-5-8-22(32)26(24)34;3-2(4,5)1(6)7/h5,8-11,13-14,17,19H,4,6-7,12,16H2,1-3H3,(H2,36,37,38);(H,6,7)/t19-;/m1./s1. The SMILES string of the molecule is CCOC(C)(C)C=C(C#N)C(=O)N1CCC[C@@H]1Cn1nc(-c2ccc(Oc3cccc(F)c3F)cc2F)c2c(N)ncnc21.O=C(O)C(F)(F)F. The second-order valence-electron chi connectivity index (χ2n) is 11.6. The van der Waals surface area contributed by atoms with E-state index >= 15 is 4.39 Å². The van der Waals surface area contributed by atoms with Gasteiger partial charge in [0.15, 0.2) is 17.2 Å². The third-order valence-corrected chi connectivity index (χ3v) is 7.52. The molecule has 4 aromatic rings. The van der Waals surface area contributed by atoms with Crippen molar-refractivity contribution in [1.82, 2.24) is 24.6 Å². The summed E-state index contributed by atoms with van der Waals surface area (Å²) in [5, 5.41) is 21.8. The summed E-state index contributed by atoms with van der Waals surface area (Å²) >= 11 is 0. The number of aromatic nitrogens is 4. The van der Waals surface area contributed by atoms with Crippen LogP contribution in [0, 0.1) is 28.8 Å². The number of alkyl halides is 3. The van der Waals surface area contributed by atoms with Gasteiger partial charge in [-0.05, 0) is 64.0 Å². The van der Waals surface area contributed by atoms with Gasteiger partial charge in [-0.15, -0.1) is 0 Å². The third-order valence-electron chi connectivity index (χ3n) is 7.52. The molecule has 12 nitrogen and oxygen atoms in total. The summed E-state index contributed by atoms with van der Waals surface area (Å²) in [4.78, 5) is 32.4. The zero-order valence-electron chi connectivity index (χ0n) is 27.3. The number of carboxylic acids is 1. The first-order valence-corrected chi connectivity index (χ1v) is 15.2. The Balaban J connectivity index is 0.000000755. The van der Waals surface area contributed by atoms with Gasteiger partial charge in [-0.25, -0.2) is 28.2 Å². The lowest BCUT2D eigenvalue weighted by molar-refractivity contribution is -0.192. The number of benzene rings is 2. The Morgan fingerprint density at radius 2 is 1.84 bits per heavy atom. The number of amides is 1. The highest BCUT2D eigenvalue weighted by atomic mass is 19.4. The molecule has 0 radical (unpaired) electrons. The second-order valence-corrected chi connectivity index (χ2v) is 11.6. The van der Waals surface area contributed by atoms with Gasteiger partial charge in [0.1, 0.15) is 41.0 Å². The maximum Gasteiger partial charge on any atom is 0.490 e. The van der Waals surface area contributed by atoms with Crippen LogP contribution in [0.2, 0.25) is 0 Å². The number of hydrogen-bond donors (Lipinski definition) is 2. The predicted molar refractivity (Wildman–Crippen MR) is 169 cm³/mol. The maximum atomic E-state index is 15.5. The Hall–Kier alpha value is -5.70. The highest BCUT2D eigenvalue weighted by Gasteiger charge is 2.38. The van der Waals surface area contributed by atoms with Crippen LogP contribution in [0.15, 0.2) is 54.4 Å². The summed E-state index contributed by atoms with van der Waals surface area (Å²) in [6.07, 6.45) is -0.921. The molecular weight excluding hydrogens is 688 g/mol. The minimum absolute atomic E-state index is 0.0181. The van der Waals surface area contributed by atoms with Crippen LogP contribution in [0.3, 0.4) is 0 Å². The Labute approximate surface area is 286 Å². The van der Waals surface area contributed by atoms with Crippen molar-refractivity contribution in [1.29, 1.82) is 5.26 Å². The Kier molecular flexibility index (Phi) is 11.6. The minimum Gasteiger partial charge on any atom is -0.475 e. The monoisotopic (exact) mass is 719 g/mol. The molecule has 0 saturated carbocycles. The van der Waals surface area contributed by atoms with Crippen LogP contribution in [0.1, 0.15) is 33.6 Å². The number of nitrogen functional groups attached to an aromatic ring is 1. The van der Waals surface area contributed by atoms with Gasteiger partial charge in [0.25, 0.3) is 5.91 Å². The van der Waals surface area contributed by atoms with Crippen molar-refractivity contribution in [3.8, 4) is 28.8 Å². The Morgan fingerprint density at radius 3 is 2.47 bits per heavy atom. The lowest BCUT2D eigenvalue weighted by Gasteiger charge is -2.26. The number of rotatable bonds is 9.